The fourth-order valence-corrected chi connectivity index (χ4v) is 3.10. The molecule has 3 rings (SSSR count). The van der Waals surface area contributed by atoms with E-state index in [1.807, 2.05) is 27.7 Å². The van der Waals surface area contributed by atoms with Crippen molar-refractivity contribution in [2.45, 2.75) is 76.5 Å². The Morgan fingerprint density at radius 2 is 1.73 bits per heavy atom. The molecule has 26 heavy (non-hydrogen) atoms. The van der Waals surface area contributed by atoms with E-state index < -0.39 is 24.2 Å². The summed E-state index contributed by atoms with van der Waals surface area (Å²) in [5, 5.41) is 2.79. The number of aromatic nitrogens is 1. The van der Waals surface area contributed by atoms with E-state index in [1.54, 1.807) is 18.3 Å². The number of nitrogens with one attached hydrogen (secondary N) is 1. The second-order valence-electron chi connectivity index (χ2n) is 8.17. The fourth-order valence-electron chi connectivity index (χ4n) is 3.10. The van der Waals surface area contributed by atoms with Crippen molar-refractivity contribution < 1.29 is 22.9 Å². The third-order valence-electron chi connectivity index (χ3n) is 5.60. The van der Waals surface area contributed by atoms with Gasteiger partial charge in [0.1, 0.15) is 5.69 Å². The molecule has 1 saturated heterocycles. The van der Waals surface area contributed by atoms with E-state index in [-0.39, 0.29) is 43.3 Å². The van der Waals surface area contributed by atoms with Crippen LogP contribution in [0.4, 0.5) is 8.78 Å². The number of hydrogen-bond acceptors (Lipinski definition) is 4. The van der Waals surface area contributed by atoms with Gasteiger partial charge in [0.2, 0.25) is 5.92 Å². The van der Waals surface area contributed by atoms with Crippen LogP contribution in [0.3, 0.4) is 0 Å². The second-order valence-corrected chi connectivity index (χ2v) is 8.17. The smallest absolute Gasteiger partial charge is 0.399 e. The third kappa shape index (κ3) is 3.91. The second kappa shape index (κ2) is 6.57. The lowest BCUT2D eigenvalue weighted by Crippen LogP contribution is -2.41. The van der Waals surface area contributed by atoms with E-state index >= 15 is 0 Å². The maximum atomic E-state index is 13.2. The van der Waals surface area contributed by atoms with Crippen molar-refractivity contribution in [3.8, 4) is 0 Å². The lowest BCUT2D eigenvalue weighted by atomic mass is 9.80. The van der Waals surface area contributed by atoms with Gasteiger partial charge >= 0.3 is 7.12 Å². The molecule has 142 valence electrons. The summed E-state index contributed by atoms with van der Waals surface area (Å²) >= 11 is 0. The Bertz CT molecular complexity index is 654. The average Bonchev–Trinajstić information content (AvgIpc) is 2.77. The van der Waals surface area contributed by atoms with Crippen LogP contribution in [0.15, 0.2) is 18.3 Å². The minimum atomic E-state index is -2.61. The molecule has 5 nitrogen and oxygen atoms in total. The molecule has 1 aromatic rings. The van der Waals surface area contributed by atoms with Crippen LogP contribution in [0, 0.1) is 0 Å². The summed E-state index contributed by atoms with van der Waals surface area (Å²) in [6, 6.07) is 3.12. The fraction of sp³-hybridized carbons (Fsp3) is 0.667. The Hall–Kier alpha value is -1.54. The van der Waals surface area contributed by atoms with E-state index in [9.17, 15) is 13.6 Å². The molecule has 1 amide bonds. The van der Waals surface area contributed by atoms with Crippen molar-refractivity contribution >= 4 is 18.5 Å². The van der Waals surface area contributed by atoms with Gasteiger partial charge in [-0.25, -0.2) is 8.78 Å². The molecule has 0 atom stereocenters. The Balaban J connectivity index is 1.60. The van der Waals surface area contributed by atoms with Crippen LogP contribution in [0.25, 0.3) is 0 Å². The third-order valence-corrected chi connectivity index (χ3v) is 5.60. The number of amides is 1. The van der Waals surface area contributed by atoms with E-state index in [4.69, 9.17) is 9.31 Å². The number of carbonyl (C=O) groups is 1. The van der Waals surface area contributed by atoms with Gasteiger partial charge in [-0.05, 0) is 46.6 Å². The SMILES string of the molecule is CC1(C)OB(c2ccc(C(=O)NC3CCC(F)(F)CC3)nc2)OC1(C)C. The van der Waals surface area contributed by atoms with Crippen molar-refractivity contribution in [1.82, 2.24) is 10.3 Å². The lowest BCUT2D eigenvalue weighted by molar-refractivity contribution is -0.0399. The Morgan fingerprint density at radius 1 is 1.15 bits per heavy atom. The summed E-state index contributed by atoms with van der Waals surface area (Å²) in [6.45, 7) is 7.87. The molecule has 0 radical (unpaired) electrons. The number of halogens is 2. The average molecular weight is 366 g/mol. The first-order chi connectivity index (χ1) is 12.0. The van der Waals surface area contributed by atoms with E-state index in [1.165, 1.54) is 0 Å². The quantitative estimate of drug-likeness (QED) is 0.836. The maximum Gasteiger partial charge on any atom is 0.496 e. The molecular weight excluding hydrogens is 341 g/mol. The Labute approximate surface area is 153 Å². The summed E-state index contributed by atoms with van der Waals surface area (Å²) in [4.78, 5) is 16.5. The van der Waals surface area contributed by atoms with Gasteiger partial charge < -0.3 is 14.6 Å². The highest BCUT2D eigenvalue weighted by atomic mass is 19.3. The van der Waals surface area contributed by atoms with E-state index in [2.05, 4.69) is 10.3 Å². The molecule has 1 saturated carbocycles. The van der Waals surface area contributed by atoms with Crippen LogP contribution in [0.5, 0.6) is 0 Å². The van der Waals surface area contributed by atoms with Gasteiger partial charge in [-0.3, -0.25) is 9.78 Å². The van der Waals surface area contributed by atoms with Crippen molar-refractivity contribution in [2.24, 2.45) is 0 Å². The molecule has 1 aliphatic heterocycles. The standard InChI is InChI=1S/C18H25BF2N2O3/c1-16(2)17(3,4)26-19(25-16)12-5-6-14(22-11-12)15(24)23-13-7-9-18(20,21)10-8-13/h5-6,11,13H,7-10H2,1-4H3,(H,23,24). The first-order valence-electron chi connectivity index (χ1n) is 8.99. The number of alkyl halides is 2. The number of pyridine rings is 1. The van der Waals surface area contributed by atoms with Gasteiger partial charge in [0.25, 0.3) is 5.91 Å². The Kier molecular flexibility index (Phi) is 4.86. The summed E-state index contributed by atoms with van der Waals surface area (Å²) in [6.07, 6.45) is 1.75. The molecule has 8 heteroatoms. The summed E-state index contributed by atoms with van der Waals surface area (Å²) in [5.41, 5.74) is 0.0909. The van der Waals surface area contributed by atoms with Crippen molar-refractivity contribution in [3.05, 3.63) is 24.0 Å². The predicted molar refractivity (Wildman–Crippen MR) is 94.6 cm³/mol. The van der Waals surface area contributed by atoms with Gasteiger partial charge in [0.15, 0.2) is 0 Å². The summed E-state index contributed by atoms with van der Waals surface area (Å²) in [5.74, 6) is -2.95. The van der Waals surface area contributed by atoms with Crippen LogP contribution in [-0.4, -0.2) is 41.2 Å². The largest absolute Gasteiger partial charge is 0.496 e. The highest BCUT2D eigenvalue weighted by Crippen LogP contribution is 2.36. The zero-order valence-corrected chi connectivity index (χ0v) is 15.6. The minimum absolute atomic E-state index is 0.188. The number of carbonyl (C=O) groups excluding carboxylic acids is 1. The lowest BCUT2D eigenvalue weighted by Gasteiger charge is -2.32. The van der Waals surface area contributed by atoms with Crippen LogP contribution in [0.2, 0.25) is 0 Å². The first kappa shape index (κ1) is 19.2. The first-order valence-corrected chi connectivity index (χ1v) is 8.99. The van der Waals surface area contributed by atoms with Crippen molar-refractivity contribution in [1.29, 1.82) is 0 Å². The molecule has 1 aromatic heterocycles. The molecule has 0 spiro atoms. The summed E-state index contributed by atoms with van der Waals surface area (Å²) < 4.78 is 38.3. The molecule has 0 aromatic carbocycles. The molecule has 2 heterocycles. The van der Waals surface area contributed by atoms with E-state index in [0.29, 0.717) is 0 Å². The predicted octanol–water partition coefficient (Wildman–Crippen LogP) is 2.69. The minimum Gasteiger partial charge on any atom is -0.399 e. The molecule has 2 fully saturated rings. The monoisotopic (exact) mass is 366 g/mol. The van der Waals surface area contributed by atoms with Gasteiger partial charge in [-0.15, -0.1) is 0 Å². The number of rotatable bonds is 3. The molecule has 2 aliphatic rings. The molecule has 0 bridgehead atoms. The highest BCUT2D eigenvalue weighted by molar-refractivity contribution is 6.62. The van der Waals surface area contributed by atoms with Gasteiger partial charge in [0.05, 0.1) is 11.2 Å². The molecule has 1 aliphatic carbocycles. The molecule has 0 unspecified atom stereocenters. The highest BCUT2D eigenvalue weighted by Gasteiger charge is 2.51. The van der Waals surface area contributed by atoms with Crippen LogP contribution in [-0.2, 0) is 9.31 Å². The Morgan fingerprint density at radius 3 is 2.23 bits per heavy atom. The van der Waals surface area contributed by atoms with Gasteiger partial charge in [-0.2, -0.15) is 0 Å². The molecule has 1 N–H and O–H groups in total. The van der Waals surface area contributed by atoms with Crippen molar-refractivity contribution in [2.75, 3.05) is 0 Å². The molecular formula is C18H25BF2N2O3. The van der Waals surface area contributed by atoms with E-state index in [0.717, 1.165) is 5.46 Å². The zero-order valence-electron chi connectivity index (χ0n) is 15.6. The van der Waals surface area contributed by atoms with Crippen LogP contribution in [0.1, 0.15) is 63.9 Å². The van der Waals surface area contributed by atoms with Crippen LogP contribution < -0.4 is 10.8 Å². The summed E-state index contributed by atoms with van der Waals surface area (Å²) in [7, 11) is -0.537. The van der Waals surface area contributed by atoms with Gasteiger partial charge in [-0.1, -0.05) is 6.07 Å². The van der Waals surface area contributed by atoms with Crippen LogP contribution >= 0.6 is 0 Å². The van der Waals surface area contributed by atoms with Gasteiger partial charge in [0, 0.05) is 30.5 Å². The van der Waals surface area contributed by atoms with Crippen molar-refractivity contribution in [3.63, 3.8) is 0 Å². The topological polar surface area (TPSA) is 60.5 Å². The zero-order chi connectivity index (χ0) is 19.2. The number of hydrogen-bond donors (Lipinski definition) is 1. The maximum absolute atomic E-state index is 13.2. The number of nitrogens with zero attached hydrogens (tertiary/aromatic N) is 1. The normalized spacial score (nSPS) is 24.5.